The number of hydrogen-bond donors (Lipinski definition) is 1. The van der Waals surface area contributed by atoms with Gasteiger partial charge in [0, 0.05) is 34.8 Å². The number of unbranched alkanes of at least 4 members (excludes halogenated alkanes) is 1. The summed E-state index contributed by atoms with van der Waals surface area (Å²) < 4.78 is 13.6. The summed E-state index contributed by atoms with van der Waals surface area (Å²) in [5.74, 6) is 0.993. The van der Waals surface area contributed by atoms with Crippen molar-refractivity contribution < 1.29 is 14.3 Å². The summed E-state index contributed by atoms with van der Waals surface area (Å²) in [6.45, 7) is 5.76. The minimum absolute atomic E-state index is 0.274. The molecule has 0 spiro atoms. The van der Waals surface area contributed by atoms with Gasteiger partial charge in [-0.1, -0.05) is 24.9 Å². The summed E-state index contributed by atoms with van der Waals surface area (Å²) in [5, 5.41) is 7.81. The molecule has 1 aliphatic rings. The van der Waals surface area contributed by atoms with Crippen LogP contribution in [0.2, 0.25) is 5.15 Å². The third kappa shape index (κ3) is 4.65. The van der Waals surface area contributed by atoms with Crippen LogP contribution < -0.4 is 14.8 Å². The Hall–Kier alpha value is -1.99. The molecule has 1 N–H and O–H groups in total. The average molecular weight is 455 g/mol. The average Bonchev–Trinajstić information content (AvgIpc) is 2.92. The normalized spacial score (nSPS) is 13.2. The number of rotatable bonds is 6. The second-order valence-corrected chi connectivity index (χ2v) is 7.38. The van der Waals surface area contributed by atoms with E-state index >= 15 is 0 Å². The van der Waals surface area contributed by atoms with Crippen LogP contribution in [0.5, 0.6) is 11.5 Å². The van der Waals surface area contributed by atoms with Crippen molar-refractivity contribution in [1.82, 2.24) is 9.78 Å². The maximum Gasteiger partial charge on any atom is 0.248 e. The van der Waals surface area contributed by atoms with Crippen molar-refractivity contribution in [3.05, 3.63) is 39.1 Å². The Balaban J connectivity index is 1.72. The topological polar surface area (TPSA) is 65.4 Å². The number of nitrogens with zero attached hydrogens (tertiary/aromatic N) is 2. The van der Waals surface area contributed by atoms with Gasteiger partial charge < -0.3 is 14.8 Å². The van der Waals surface area contributed by atoms with Crippen molar-refractivity contribution >= 4 is 45.2 Å². The third-order valence-corrected chi connectivity index (χ3v) is 5.18. The van der Waals surface area contributed by atoms with Gasteiger partial charge in [-0.2, -0.15) is 5.10 Å². The van der Waals surface area contributed by atoms with Gasteiger partial charge in [-0.3, -0.25) is 9.48 Å². The first-order valence-electron chi connectivity index (χ1n) is 8.80. The highest BCUT2D eigenvalue weighted by Gasteiger charge is 2.16. The van der Waals surface area contributed by atoms with Crippen LogP contribution in [-0.4, -0.2) is 28.9 Å². The summed E-state index contributed by atoms with van der Waals surface area (Å²) in [4.78, 5) is 12.3. The van der Waals surface area contributed by atoms with Crippen molar-refractivity contribution in [2.75, 3.05) is 18.5 Å². The first kappa shape index (κ1) is 19.8. The second kappa shape index (κ2) is 8.80. The number of ether oxygens (including phenoxy) is 2. The van der Waals surface area contributed by atoms with E-state index in [1.165, 1.54) is 6.08 Å². The Bertz CT molecular complexity index is 880. The Morgan fingerprint density at radius 3 is 2.78 bits per heavy atom. The minimum Gasteiger partial charge on any atom is -0.486 e. The fourth-order valence-electron chi connectivity index (χ4n) is 2.71. The molecule has 144 valence electrons. The van der Waals surface area contributed by atoms with Gasteiger partial charge in [0.2, 0.25) is 5.91 Å². The van der Waals surface area contributed by atoms with E-state index in [0.717, 1.165) is 35.1 Å². The van der Waals surface area contributed by atoms with E-state index in [1.54, 1.807) is 22.9 Å². The van der Waals surface area contributed by atoms with E-state index in [9.17, 15) is 4.79 Å². The van der Waals surface area contributed by atoms with Crippen LogP contribution in [0.1, 0.15) is 31.0 Å². The molecule has 0 saturated carbocycles. The molecule has 6 nitrogen and oxygen atoms in total. The van der Waals surface area contributed by atoms with Gasteiger partial charge in [0.1, 0.15) is 18.4 Å². The number of hydrogen-bond acceptors (Lipinski definition) is 4. The number of aromatic nitrogens is 2. The molecule has 1 aromatic carbocycles. The van der Waals surface area contributed by atoms with Crippen LogP contribution in [0.25, 0.3) is 6.08 Å². The number of benzene rings is 1. The molecule has 1 amide bonds. The molecule has 0 atom stereocenters. The number of carbonyl (C=O) groups is 1. The summed E-state index contributed by atoms with van der Waals surface area (Å²) in [5.41, 5.74) is 2.15. The van der Waals surface area contributed by atoms with E-state index in [1.807, 2.05) is 6.92 Å². The molecule has 0 radical (unpaired) electrons. The highest BCUT2D eigenvalue weighted by atomic mass is 79.9. The Morgan fingerprint density at radius 2 is 2.07 bits per heavy atom. The number of amides is 1. The Morgan fingerprint density at radius 1 is 1.37 bits per heavy atom. The summed E-state index contributed by atoms with van der Waals surface area (Å²) in [7, 11) is 0. The second-order valence-electron chi connectivity index (χ2n) is 6.16. The maximum absolute atomic E-state index is 12.3. The largest absolute Gasteiger partial charge is 0.486 e. The summed E-state index contributed by atoms with van der Waals surface area (Å²) >= 11 is 9.83. The van der Waals surface area contributed by atoms with Crippen LogP contribution in [0.4, 0.5) is 5.69 Å². The van der Waals surface area contributed by atoms with Crippen molar-refractivity contribution in [2.45, 2.75) is 33.2 Å². The lowest BCUT2D eigenvalue weighted by Crippen LogP contribution is -2.16. The van der Waals surface area contributed by atoms with Crippen LogP contribution in [0.15, 0.2) is 22.7 Å². The highest BCUT2D eigenvalue weighted by molar-refractivity contribution is 9.10. The molecule has 1 aromatic heterocycles. The molecule has 8 heteroatoms. The first-order valence-corrected chi connectivity index (χ1v) is 9.97. The molecule has 2 heterocycles. The lowest BCUT2D eigenvalue weighted by molar-refractivity contribution is -0.111. The predicted molar refractivity (Wildman–Crippen MR) is 110 cm³/mol. The molecule has 0 aliphatic carbocycles. The van der Waals surface area contributed by atoms with E-state index in [2.05, 4.69) is 33.3 Å². The molecule has 0 fully saturated rings. The molecular formula is C19H21BrClN3O3. The number of nitrogens with one attached hydrogen (secondary N) is 1. The van der Waals surface area contributed by atoms with Crippen LogP contribution in [0, 0.1) is 6.92 Å². The summed E-state index contributed by atoms with van der Waals surface area (Å²) in [6.07, 6.45) is 5.20. The van der Waals surface area contributed by atoms with Gasteiger partial charge in [-0.25, -0.2) is 0 Å². The lowest BCUT2D eigenvalue weighted by atomic mass is 10.2. The number of aryl methyl sites for hydroxylation is 2. The quantitative estimate of drug-likeness (QED) is 0.635. The Labute approximate surface area is 171 Å². The zero-order valence-corrected chi connectivity index (χ0v) is 17.6. The van der Waals surface area contributed by atoms with E-state index < -0.39 is 0 Å². The lowest BCUT2D eigenvalue weighted by Gasteiger charge is -2.19. The zero-order chi connectivity index (χ0) is 19.4. The van der Waals surface area contributed by atoms with Crippen LogP contribution in [0.3, 0.4) is 0 Å². The van der Waals surface area contributed by atoms with Crippen molar-refractivity contribution in [3.8, 4) is 11.5 Å². The molecule has 0 unspecified atom stereocenters. The number of fused-ring (bicyclic) bond motifs is 1. The smallest absolute Gasteiger partial charge is 0.248 e. The molecule has 2 aromatic rings. The van der Waals surface area contributed by atoms with E-state index in [-0.39, 0.29) is 5.91 Å². The van der Waals surface area contributed by atoms with Gasteiger partial charge in [-0.05, 0) is 35.4 Å². The van der Waals surface area contributed by atoms with Gasteiger partial charge in [0.05, 0.1) is 11.4 Å². The molecule has 3 rings (SSSR count). The monoisotopic (exact) mass is 453 g/mol. The van der Waals surface area contributed by atoms with Gasteiger partial charge >= 0.3 is 0 Å². The fourth-order valence-corrected chi connectivity index (χ4v) is 3.45. The van der Waals surface area contributed by atoms with E-state index in [0.29, 0.717) is 35.6 Å². The van der Waals surface area contributed by atoms with Gasteiger partial charge in [0.15, 0.2) is 11.5 Å². The third-order valence-electron chi connectivity index (χ3n) is 4.12. The minimum atomic E-state index is -0.274. The maximum atomic E-state index is 12.3. The van der Waals surface area contributed by atoms with Gasteiger partial charge in [0.25, 0.3) is 0 Å². The first-order chi connectivity index (χ1) is 13.0. The zero-order valence-electron chi connectivity index (χ0n) is 15.2. The van der Waals surface area contributed by atoms with Crippen molar-refractivity contribution in [3.63, 3.8) is 0 Å². The Kier molecular flexibility index (Phi) is 6.44. The standard InChI is InChI=1S/C19H21BrClN3O3/c1-3-4-7-24-19(21)13(12(2)23-24)5-6-18(25)22-15-11-17-16(10-14(15)20)26-8-9-27-17/h5-6,10-11H,3-4,7-9H2,1-2H3,(H,22,25)/b6-5+. The van der Waals surface area contributed by atoms with Gasteiger partial charge in [-0.15, -0.1) is 0 Å². The molecule has 0 bridgehead atoms. The number of halogens is 2. The van der Waals surface area contributed by atoms with Crippen molar-refractivity contribution in [2.24, 2.45) is 0 Å². The fraction of sp³-hybridized carbons (Fsp3) is 0.368. The number of carbonyl (C=O) groups excluding carboxylic acids is 1. The van der Waals surface area contributed by atoms with Crippen molar-refractivity contribution in [1.29, 1.82) is 0 Å². The SMILES string of the molecule is CCCCn1nc(C)c(/C=C/C(=O)Nc2cc3c(cc2Br)OCCO3)c1Cl. The predicted octanol–water partition coefficient (Wildman–Crippen LogP) is 4.83. The highest BCUT2D eigenvalue weighted by Crippen LogP contribution is 2.38. The molecule has 27 heavy (non-hydrogen) atoms. The molecule has 1 aliphatic heterocycles. The van der Waals surface area contributed by atoms with E-state index in [4.69, 9.17) is 21.1 Å². The summed E-state index contributed by atoms with van der Waals surface area (Å²) in [6, 6.07) is 3.53. The number of anilines is 1. The molecule has 0 saturated heterocycles. The van der Waals surface area contributed by atoms with Crippen LogP contribution in [-0.2, 0) is 11.3 Å². The van der Waals surface area contributed by atoms with Crippen LogP contribution >= 0.6 is 27.5 Å². The molecular weight excluding hydrogens is 434 g/mol.